The van der Waals surface area contributed by atoms with Crippen LogP contribution >= 0.6 is 7.26 Å². The van der Waals surface area contributed by atoms with Gasteiger partial charge in [-0.3, -0.25) is 10.1 Å². The summed E-state index contributed by atoms with van der Waals surface area (Å²) in [5.41, 5.74) is 0.309. The van der Waals surface area contributed by atoms with Crippen LogP contribution in [-0.2, 0) is 9.53 Å². The van der Waals surface area contributed by atoms with Crippen molar-refractivity contribution < 1.29 is 14.3 Å². The number of rotatable bonds is 12. The van der Waals surface area contributed by atoms with E-state index in [9.17, 15) is 9.59 Å². The van der Waals surface area contributed by atoms with E-state index in [-0.39, 0.29) is 5.85 Å². The third-order valence-corrected chi connectivity index (χ3v) is 9.79. The highest BCUT2D eigenvalue weighted by Crippen LogP contribution is 2.65. The maximum absolute atomic E-state index is 12.1. The Morgan fingerprint density at radius 3 is 1.75 bits per heavy atom. The summed E-state index contributed by atoms with van der Waals surface area (Å²) in [5.74, 6) is -0.563. The number of nitrogens with one attached hydrogen (secondary N) is 1. The fraction of sp³-hybridized carbons (Fsp3) is 0.789. The van der Waals surface area contributed by atoms with Crippen LogP contribution in [0, 0.1) is 0 Å². The van der Waals surface area contributed by atoms with Crippen LogP contribution in [0.1, 0.15) is 73.1 Å². The first-order valence-corrected chi connectivity index (χ1v) is 11.8. The van der Waals surface area contributed by atoms with E-state index in [2.05, 4.69) is 32.7 Å². The van der Waals surface area contributed by atoms with E-state index < -0.39 is 19.3 Å². The van der Waals surface area contributed by atoms with Crippen molar-refractivity contribution >= 4 is 19.3 Å². The van der Waals surface area contributed by atoms with E-state index >= 15 is 0 Å². The Kier molecular flexibility index (Phi) is 12.0. The topological polar surface area (TPSA) is 55.4 Å². The highest BCUT2D eigenvalue weighted by Gasteiger charge is 2.44. The maximum atomic E-state index is 12.1. The predicted octanol–water partition coefficient (Wildman–Crippen LogP) is 5.58. The van der Waals surface area contributed by atoms with E-state index in [1.54, 1.807) is 6.92 Å². The van der Waals surface area contributed by atoms with Crippen LogP contribution in [-0.4, -0.2) is 36.3 Å². The second-order valence-electron chi connectivity index (χ2n) is 6.69. The van der Waals surface area contributed by atoms with Crippen molar-refractivity contribution in [1.29, 1.82) is 0 Å². The van der Waals surface area contributed by atoms with Gasteiger partial charge in [0.05, 0.1) is 25.7 Å². The fourth-order valence-corrected chi connectivity index (χ4v) is 7.71. The summed E-state index contributed by atoms with van der Waals surface area (Å²) in [4.78, 5) is 23.7. The molecule has 0 aliphatic rings. The SMILES string of the molecule is C=C(C)C(=O)NC(=O)OC(C)[P+](CCCC)(CCCC)CCCC. The van der Waals surface area contributed by atoms with Gasteiger partial charge in [0.2, 0.25) is 5.85 Å². The summed E-state index contributed by atoms with van der Waals surface area (Å²) in [6.07, 6.45) is 9.91. The third-order valence-electron chi connectivity index (χ3n) is 4.52. The molecule has 0 aromatic rings. The monoisotopic (exact) mass is 358 g/mol. The van der Waals surface area contributed by atoms with Crippen molar-refractivity contribution in [2.75, 3.05) is 18.5 Å². The molecule has 0 saturated heterocycles. The molecule has 1 unspecified atom stereocenters. The van der Waals surface area contributed by atoms with E-state index in [1.807, 2.05) is 6.92 Å². The molecule has 0 saturated carbocycles. The van der Waals surface area contributed by atoms with Gasteiger partial charge in [0.15, 0.2) is 0 Å². The third kappa shape index (κ3) is 8.28. The molecular formula is C19H37NO3P+. The van der Waals surface area contributed by atoms with Crippen LogP contribution in [0.4, 0.5) is 4.79 Å². The lowest BCUT2D eigenvalue weighted by Gasteiger charge is -2.32. The highest BCUT2D eigenvalue weighted by atomic mass is 31.2. The Morgan fingerprint density at radius 1 is 1.00 bits per heavy atom. The van der Waals surface area contributed by atoms with E-state index in [4.69, 9.17) is 4.74 Å². The minimum Gasteiger partial charge on any atom is -0.411 e. The largest absolute Gasteiger partial charge is 0.417 e. The van der Waals surface area contributed by atoms with Gasteiger partial charge in [0, 0.05) is 12.5 Å². The lowest BCUT2D eigenvalue weighted by atomic mass is 10.3. The van der Waals surface area contributed by atoms with Crippen LogP contribution in [0.2, 0.25) is 0 Å². The molecule has 1 N–H and O–H groups in total. The molecule has 140 valence electrons. The van der Waals surface area contributed by atoms with Crippen LogP contribution in [0.25, 0.3) is 0 Å². The molecule has 0 bridgehead atoms. The Balaban J connectivity index is 5.08. The van der Waals surface area contributed by atoms with Crippen LogP contribution < -0.4 is 5.32 Å². The minimum atomic E-state index is -1.37. The number of hydrogen-bond acceptors (Lipinski definition) is 3. The molecule has 0 aliphatic heterocycles. The van der Waals surface area contributed by atoms with Crippen LogP contribution in [0.15, 0.2) is 12.2 Å². The molecule has 2 amide bonds. The molecule has 24 heavy (non-hydrogen) atoms. The Labute approximate surface area is 149 Å². The second kappa shape index (κ2) is 12.5. The quantitative estimate of drug-likeness (QED) is 0.366. The maximum Gasteiger partial charge on any atom is 0.417 e. The first-order valence-electron chi connectivity index (χ1n) is 9.36. The summed E-state index contributed by atoms with van der Waals surface area (Å²) >= 11 is 0. The zero-order valence-corrected chi connectivity index (χ0v) is 17.2. The Bertz CT molecular complexity index is 388. The van der Waals surface area contributed by atoms with Gasteiger partial charge in [-0.1, -0.05) is 46.6 Å². The van der Waals surface area contributed by atoms with Gasteiger partial charge in [0.1, 0.15) is 0 Å². The molecule has 0 fully saturated rings. The fourth-order valence-electron chi connectivity index (χ4n) is 2.80. The standard InChI is InChI=1S/C19H36NO3P/c1-7-10-13-24(14-11-8-2,15-12-9-3)17(6)23-19(22)20-18(21)16(4)5/h17H,4,7-15H2,1-3,5-6H3/p+1. The van der Waals surface area contributed by atoms with Gasteiger partial charge >= 0.3 is 6.09 Å². The number of carbonyl (C=O) groups excluding carboxylic acids is 2. The van der Waals surface area contributed by atoms with Gasteiger partial charge in [-0.15, -0.1) is 0 Å². The van der Waals surface area contributed by atoms with Gasteiger partial charge < -0.3 is 4.74 Å². The molecule has 0 heterocycles. The average Bonchev–Trinajstić information content (AvgIpc) is 2.54. The normalized spacial score (nSPS) is 12.5. The number of carbonyl (C=O) groups is 2. The highest BCUT2D eigenvalue weighted by molar-refractivity contribution is 7.76. The predicted molar refractivity (Wildman–Crippen MR) is 105 cm³/mol. The van der Waals surface area contributed by atoms with E-state index in [0.29, 0.717) is 5.57 Å². The van der Waals surface area contributed by atoms with Crippen molar-refractivity contribution in [3.05, 3.63) is 12.2 Å². The van der Waals surface area contributed by atoms with Crippen LogP contribution in [0.3, 0.4) is 0 Å². The van der Waals surface area contributed by atoms with Crippen molar-refractivity contribution in [2.45, 2.75) is 79.0 Å². The number of amides is 2. The Morgan fingerprint density at radius 2 is 1.42 bits per heavy atom. The van der Waals surface area contributed by atoms with E-state index in [0.717, 1.165) is 19.3 Å². The van der Waals surface area contributed by atoms with E-state index in [1.165, 1.54) is 37.7 Å². The first kappa shape index (κ1) is 23.1. The lowest BCUT2D eigenvalue weighted by molar-refractivity contribution is -0.116. The number of imide groups is 1. The summed E-state index contributed by atoms with van der Waals surface area (Å²) in [6, 6.07) is 0. The molecule has 0 aliphatic carbocycles. The van der Waals surface area contributed by atoms with Crippen molar-refractivity contribution in [3.63, 3.8) is 0 Å². The van der Waals surface area contributed by atoms with Gasteiger partial charge in [0.25, 0.3) is 5.91 Å². The molecule has 0 aromatic carbocycles. The molecule has 0 spiro atoms. The lowest BCUT2D eigenvalue weighted by Crippen LogP contribution is -2.35. The van der Waals surface area contributed by atoms with Gasteiger partial charge in [-0.2, -0.15) is 0 Å². The Hall–Kier alpha value is -0.890. The molecule has 4 nitrogen and oxygen atoms in total. The number of hydrogen-bond donors (Lipinski definition) is 1. The summed E-state index contributed by atoms with van der Waals surface area (Å²) in [6.45, 7) is 13.8. The summed E-state index contributed by atoms with van der Waals surface area (Å²) < 4.78 is 5.67. The molecular weight excluding hydrogens is 321 g/mol. The van der Waals surface area contributed by atoms with Crippen molar-refractivity contribution in [3.8, 4) is 0 Å². The molecule has 0 aromatic heterocycles. The average molecular weight is 358 g/mol. The van der Waals surface area contributed by atoms with Crippen molar-refractivity contribution in [1.82, 2.24) is 5.32 Å². The van der Waals surface area contributed by atoms with Crippen LogP contribution in [0.5, 0.6) is 0 Å². The van der Waals surface area contributed by atoms with Crippen molar-refractivity contribution in [2.24, 2.45) is 0 Å². The smallest absolute Gasteiger partial charge is 0.411 e. The van der Waals surface area contributed by atoms with Gasteiger partial charge in [-0.25, -0.2) is 4.79 Å². The zero-order chi connectivity index (χ0) is 18.6. The summed E-state index contributed by atoms with van der Waals surface area (Å²) in [7, 11) is -1.37. The van der Waals surface area contributed by atoms with Gasteiger partial charge in [-0.05, 0) is 26.2 Å². The second-order valence-corrected chi connectivity index (χ2v) is 11.2. The molecule has 1 atom stereocenters. The molecule has 0 rings (SSSR count). The molecule has 0 radical (unpaired) electrons. The number of alkyl carbamates (subject to hydrolysis) is 1. The number of ether oxygens (including phenoxy) is 1. The zero-order valence-electron chi connectivity index (χ0n) is 16.3. The molecule has 5 heteroatoms. The minimum absolute atomic E-state index is 0.0972. The first-order chi connectivity index (χ1) is 11.3. The summed E-state index contributed by atoms with van der Waals surface area (Å²) in [5, 5.41) is 2.27. The number of unbranched alkanes of at least 4 members (excludes halogenated alkanes) is 3.